The molecule has 0 saturated carbocycles. The van der Waals surface area contributed by atoms with Gasteiger partial charge < -0.3 is 20.3 Å². The molecule has 3 aromatic rings. The van der Waals surface area contributed by atoms with E-state index in [9.17, 15) is 5.11 Å². The molecule has 0 radical (unpaired) electrons. The average Bonchev–Trinajstić information content (AvgIpc) is 3.08. The van der Waals surface area contributed by atoms with Crippen molar-refractivity contribution in [3.05, 3.63) is 36.4 Å². The minimum absolute atomic E-state index is 0.283. The predicted octanol–water partition coefficient (Wildman–Crippen LogP) is 2.60. The molecule has 0 saturated heterocycles. The summed E-state index contributed by atoms with van der Waals surface area (Å²) in [4.78, 5) is 17.8. The maximum atomic E-state index is 9.53. The monoisotopic (exact) mass is 355 g/mol. The number of anilines is 2. The number of imidazole rings is 1. The maximum absolute atomic E-state index is 9.53. The minimum Gasteiger partial charge on any atom is -0.392 e. The fourth-order valence-electron chi connectivity index (χ4n) is 2.57. The molecule has 0 bridgehead atoms. The Labute approximate surface area is 152 Å². The van der Waals surface area contributed by atoms with E-state index in [2.05, 4.69) is 49.0 Å². The van der Waals surface area contributed by atoms with Gasteiger partial charge in [0.25, 0.3) is 0 Å². The molecule has 0 aliphatic heterocycles. The summed E-state index contributed by atoms with van der Waals surface area (Å²) in [6.07, 6.45) is 5.86. The van der Waals surface area contributed by atoms with E-state index in [-0.39, 0.29) is 6.04 Å². The largest absolute Gasteiger partial charge is 0.392 e. The number of aliphatic hydroxyl groups is 1. The van der Waals surface area contributed by atoms with Crippen molar-refractivity contribution in [3.63, 3.8) is 0 Å². The highest BCUT2D eigenvalue weighted by atomic mass is 16.3. The first-order valence-electron chi connectivity index (χ1n) is 8.87. The van der Waals surface area contributed by atoms with Crippen molar-refractivity contribution in [1.29, 1.82) is 0 Å². The van der Waals surface area contributed by atoms with Crippen LogP contribution in [0.5, 0.6) is 0 Å². The summed E-state index contributed by atoms with van der Waals surface area (Å²) in [5.41, 5.74) is 2.56. The fraction of sp³-hybridized carbons (Fsp3) is 0.444. The maximum Gasteiger partial charge on any atom is 0.226 e. The van der Waals surface area contributed by atoms with Crippen LogP contribution in [0.15, 0.2) is 30.9 Å². The number of aromatic nitrogens is 5. The first-order chi connectivity index (χ1) is 12.6. The second-order valence-electron chi connectivity index (χ2n) is 6.42. The van der Waals surface area contributed by atoms with Crippen LogP contribution in [0.25, 0.3) is 11.2 Å². The van der Waals surface area contributed by atoms with E-state index >= 15 is 0 Å². The van der Waals surface area contributed by atoms with Crippen molar-refractivity contribution < 1.29 is 5.11 Å². The van der Waals surface area contributed by atoms with Crippen molar-refractivity contribution in [1.82, 2.24) is 24.5 Å². The summed E-state index contributed by atoms with van der Waals surface area (Å²) in [7, 11) is 0. The van der Waals surface area contributed by atoms with Gasteiger partial charge in [0, 0.05) is 31.5 Å². The summed E-state index contributed by atoms with van der Waals surface area (Å²) in [5.74, 6) is 1.13. The van der Waals surface area contributed by atoms with Crippen LogP contribution in [0.4, 0.5) is 11.8 Å². The van der Waals surface area contributed by atoms with Gasteiger partial charge >= 0.3 is 0 Å². The van der Waals surface area contributed by atoms with Gasteiger partial charge in [0.2, 0.25) is 5.95 Å². The summed E-state index contributed by atoms with van der Waals surface area (Å²) in [6, 6.07) is 4.19. The summed E-state index contributed by atoms with van der Waals surface area (Å²) in [6.45, 7) is 6.95. The smallest absolute Gasteiger partial charge is 0.226 e. The van der Waals surface area contributed by atoms with Crippen molar-refractivity contribution in [2.24, 2.45) is 0 Å². The topological polar surface area (TPSA) is 101 Å². The molecule has 0 aliphatic rings. The second kappa shape index (κ2) is 8.09. The lowest BCUT2D eigenvalue weighted by Gasteiger charge is -2.14. The standard InChI is InChI=1S/C18H25N7O/c1-4-12(2)25-11-22-15-16(20-10-14-6-5-7-19-9-14)23-18(24-17(15)25)21-8-13(3)26/h5-7,9,11-13,26H,4,8,10H2,1-3H3,(H2,20,21,23,24). The Morgan fingerprint density at radius 2 is 2.08 bits per heavy atom. The van der Waals surface area contributed by atoms with Gasteiger partial charge in [0.05, 0.1) is 12.4 Å². The molecule has 2 unspecified atom stereocenters. The van der Waals surface area contributed by atoms with Crippen LogP contribution in [-0.4, -0.2) is 42.3 Å². The molecule has 8 nitrogen and oxygen atoms in total. The zero-order valence-corrected chi connectivity index (χ0v) is 15.3. The molecule has 8 heteroatoms. The van der Waals surface area contributed by atoms with E-state index in [4.69, 9.17) is 0 Å². The van der Waals surface area contributed by atoms with Crippen LogP contribution in [0.1, 0.15) is 38.8 Å². The molecular weight excluding hydrogens is 330 g/mol. The van der Waals surface area contributed by atoms with Gasteiger partial charge in [-0.05, 0) is 31.9 Å². The molecule has 0 fully saturated rings. The lowest BCUT2D eigenvalue weighted by molar-refractivity contribution is 0.208. The first-order valence-corrected chi connectivity index (χ1v) is 8.87. The number of pyridine rings is 1. The Hall–Kier alpha value is -2.74. The van der Waals surface area contributed by atoms with Crippen LogP contribution in [-0.2, 0) is 6.54 Å². The average molecular weight is 355 g/mol. The van der Waals surface area contributed by atoms with Crippen LogP contribution >= 0.6 is 0 Å². The van der Waals surface area contributed by atoms with Gasteiger partial charge in [-0.2, -0.15) is 9.97 Å². The molecule has 0 spiro atoms. The number of nitrogens with zero attached hydrogens (tertiary/aromatic N) is 5. The number of nitrogens with one attached hydrogen (secondary N) is 2. The van der Waals surface area contributed by atoms with Gasteiger partial charge in [-0.15, -0.1) is 0 Å². The van der Waals surface area contributed by atoms with Crippen molar-refractivity contribution in [3.8, 4) is 0 Å². The minimum atomic E-state index is -0.486. The molecule has 0 aromatic carbocycles. The summed E-state index contributed by atoms with van der Waals surface area (Å²) >= 11 is 0. The molecule has 2 atom stereocenters. The normalized spacial score (nSPS) is 13.5. The highest BCUT2D eigenvalue weighted by molar-refractivity contribution is 5.84. The molecule has 3 aromatic heterocycles. The highest BCUT2D eigenvalue weighted by Gasteiger charge is 2.16. The fourth-order valence-corrected chi connectivity index (χ4v) is 2.57. The number of rotatable bonds is 8. The Morgan fingerprint density at radius 3 is 2.77 bits per heavy atom. The Kier molecular flexibility index (Phi) is 5.62. The number of fused-ring (bicyclic) bond motifs is 1. The third-order valence-corrected chi connectivity index (χ3v) is 4.23. The van der Waals surface area contributed by atoms with E-state index in [0.29, 0.717) is 24.9 Å². The molecule has 26 heavy (non-hydrogen) atoms. The Balaban J connectivity index is 1.94. The van der Waals surface area contributed by atoms with E-state index in [1.54, 1.807) is 19.4 Å². The third-order valence-electron chi connectivity index (χ3n) is 4.23. The lowest BCUT2D eigenvalue weighted by atomic mass is 10.2. The zero-order chi connectivity index (χ0) is 18.5. The quantitative estimate of drug-likeness (QED) is 0.571. The summed E-state index contributed by atoms with van der Waals surface area (Å²) < 4.78 is 2.06. The molecule has 138 valence electrons. The van der Waals surface area contributed by atoms with Crippen molar-refractivity contribution >= 4 is 22.9 Å². The molecule has 0 amide bonds. The first kappa shape index (κ1) is 18.1. The van der Waals surface area contributed by atoms with Crippen LogP contribution in [0.3, 0.4) is 0 Å². The van der Waals surface area contributed by atoms with Gasteiger partial charge in [0.15, 0.2) is 17.0 Å². The molecule has 3 heterocycles. The number of hydrogen-bond acceptors (Lipinski definition) is 7. The van der Waals surface area contributed by atoms with Gasteiger partial charge in [-0.1, -0.05) is 13.0 Å². The molecular formula is C18H25N7O. The SMILES string of the molecule is CCC(C)n1cnc2c(NCc3cccnc3)nc(NCC(C)O)nc21. The van der Waals surface area contributed by atoms with E-state index < -0.39 is 6.10 Å². The summed E-state index contributed by atoms with van der Waals surface area (Å²) in [5, 5.41) is 15.9. The van der Waals surface area contributed by atoms with E-state index in [0.717, 1.165) is 23.1 Å². The molecule has 3 N–H and O–H groups in total. The van der Waals surface area contributed by atoms with Crippen LogP contribution in [0, 0.1) is 0 Å². The lowest BCUT2D eigenvalue weighted by Crippen LogP contribution is -2.18. The number of aliphatic hydroxyl groups excluding tert-OH is 1. The third kappa shape index (κ3) is 4.08. The second-order valence-corrected chi connectivity index (χ2v) is 6.42. The van der Waals surface area contributed by atoms with Gasteiger partial charge in [-0.3, -0.25) is 4.98 Å². The zero-order valence-electron chi connectivity index (χ0n) is 15.3. The molecule has 0 aliphatic carbocycles. The number of hydrogen-bond donors (Lipinski definition) is 3. The van der Waals surface area contributed by atoms with Crippen molar-refractivity contribution in [2.75, 3.05) is 17.2 Å². The van der Waals surface area contributed by atoms with Gasteiger partial charge in [0.1, 0.15) is 0 Å². The highest BCUT2D eigenvalue weighted by Crippen LogP contribution is 2.24. The Bertz CT molecular complexity index is 847. The van der Waals surface area contributed by atoms with E-state index in [1.165, 1.54) is 0 Å². The van der Waals surface area contributed by atoms with Crippen molar-refractivity contribution in [2.45, 2.75) is 45.9 Å². The molecule has 3 rings (SSSR count). The van der Waals surface area contributed by atoms with E-state index in [1.807, 2.05) is 18.3 Å². The van der Waals surface area contributed by atoms with Crippen LogP contribution < -0.4 is 10.6 Å². The van der Waals surface area contributed by atoms with Crippen LogP contribution in [0.2, 0.25) is 0 Å². The predicted molar refractivity (Wildman–Crippen MR) is 102 cm³/mol. The van der Waals surface area contributed by atoms with Gasteiger partial charge in [-0.25, -0.2) is 4.98 Å². The Morgan fingerprint density at radius 1 is 1.23 bits per heavy atom.